The van der Waals surface area contributed by atoms with Crippen LogP contribution in [0.25, 0.3) is 49.9 Å². The van der Waals surface area contributed by atoms with Crippen molar-refractivity contribution in [1.29, 1.82) is 5.26 Å². The molecule has 0 fully saturated rings. The van der Waals surface area contributed by atoms with Crippen molar-refractivity contribution in [2.45, 2.75) is 45.4 Å². The smallest absolute Gasteiger partial charge is 0.137 e. The highest BCUT2D eigenvalue weighted by atomic mass is 16.5. The molecule has 11 rings (SSSR count). The van der Waals surface area contributed by atoms with E-state index in [-0.39, 0.29) is 10.8 Å². The van der Waals surface area contributed by atoms with Crippen LogP contribution in [0.5, 0.6) is 11.5 Å². The second kappa shape index (κ2) is 14.0. The van der Waals surface area contributed by atoms with Crippen molar-refractivity contribution in [1.82, 2.24) is 9.55 Å². The Kier molecular flexibility index (Phi) is 8.43. The second-order valence-corrected chi connectivity index (χ2v) is 18.0. The first-order valence-corrected chi connectivity index (χ1v) is 21.3. The van der Waals surface area contributed by atoms with Gasteiger partial charge in [0.25, 0.3) is 0 Å². The summed E-state index contributed by atoms with van der Waals surface area (Å²) in [5, 5.41) is 11.8. The molecule has 0 unspecified atom stereocenters. The van der Waals surface area contributed by atoms with E-state index in [0.29, 0.717) is 18.0 Å². The Morgan fingerprint density at radius 1 is 0.629 bits per heavy atom. The predicted octanol–water partition coefficient (Wildman–Crippen LogP) is 14.4. The Bertz CT molecular complexity index is 3290. The highest BCUT2D eigenvalue weighted by Crippen LogP contribution is 2.57. The minimum Gasteiger partial charge on any atom is -0.457 e. The molecular weight excluding hydrogens is 759 g/mol. The summed E-state index contributed by atoms with van der Waals surface area (Å²) in [6.07, 6.45) is 1.88. The summed E-state index contributed by atoms with van der Waals surface area (Å²) < 4.78 is 8.95. The third-order valence-corrected chi connectivity index (χ3v) is 12.9. The number of pyridine rings is 1. The topological polar surface area (TPSA) is 57.3 Å². The monoisotopic (exact) mass is 803 g/mol. The van der Waals surface area contributed by atoms with Crippen molar-refractivity contribution >= 4 is 44.6 Å². The molecule has 3 heterocycles. The van der Waals surface area contributed by atoms with Gasteiger partial charge < -0.3 is 14.5 Å². The molecule has 6 nitrogen and oxygen atoms in total. The van der Waals surface area contributed by atoms with E-state index >= 15 is 0 Å². The lowest BCUT2D eigenvalue weighted by Gasteiger charge is -2.28. The minimum absolute atomic E-state index is 0.0513. The van der Waals surface area contributed by atoms with E-state index in [1.807, 2.05) is 36.5 Å². The average Bonchev–Trinajstić information content (AvgIpc) is 3.91. The Labute approximate surface area is 362 Å². The van der Waals surface area contributed by atoms with Gasteiger partial charge in [-0.25, -0.2) is 4.98 Å². The molecule has 1 aliphatic heterocycles. The molecule has 1 aliphatic carbocycles. The highest BCUT2D eigenvalue weighted by molar-refractivity contribution is 6.10. The summed E-state index contributed by atoms with van der Waals surface area (Å²) in [6.45, 7) is 12.0. The van der Waals surface area contributed by atoms with E-state index in [1.54, 1.807) is 0 Å². The van der Waals surface area contributed by atoms with E-state index in [4.69, 9.17) is 9.72 Å². The average molecular weight is 804 g/mol. The quantitative estimate of drug-likeness (QED) is 0.168. The summed E-state index contributed by atoms with van der Waals surface area (Å²) in [5.74, 6) is 2.27. The molecule has 0 bridgehead atoms. The third kappa shape index (κ3) is 5.88. The van der Waals surface area contributed by atoms with E-state index in [1.165, 1.54) is 44.6 Å². The zero-order valence-electron chi connectivity index (χ0n) is 35.5. The summed E-state index contributed by atoms with van der Waals surface area (Å²) in [4.78, 5) is 9.76. The molecule has 0 saturated heterocycles. The number of aromatic nitrogens is 2. The van der Waals surface area contributed by atoms with Crippen LogP contribution >= 0.6 is 0 Å². The number of hydrogen-bond acceptors (Lipinski definition) is 5. The third-order valence-electron chi connectivity index (χ3n) is 12.9. The lowest BCUT2D eigenvalue weighted by atomic mass is 9.82. The number of ether oxygens (including phenoxy) is 1. The summed E-state index contributed by atoms with van der Waals surface area (Å²) in [7, 11) is 0. The maximum atomic E-state index is 9.81. The maximum Gasteiger partial charge on any atom is 0.137 e. The zero-order valence-corrected chi connectivity index (χ0v) is 35.5. The molecule has 7 aromatic carbocycles. The predicted molar refractivity (Wildman–Crippen MR) is 254 cm³/mol. The first-order valence-electron chi connectivity index (χ1n) is 21.3. The number of nitrogens with zero attached hydrogens (tertiary/aromatic N) is 5. The Morgan fingerprint density at radius 2 is 1.39 bits per heavy atom. The molecule has 0 radical (unpaired) electrons. The number of nitriles is 1. The van der Waals surface area contributed by atoms with Crippen molar-refractivity contribution < 1.29 is 4.74 Å². The second-order valence-electron chi connectivity index (χ2n) is 18.0. The van der Waals surface area contributed by atoms with E-state index in [2.05, 4.69) is 189 Å². The SMILES string of the molecule is CC(C)(C)c1ccnc(-n2c3ccc(C#N)cc3c3ccc(Oc4cccc(N5CN(c6c(-c7ccccc7)ccc7c6-c6ccccc6C7(C)C)c6ccccc65)c4)cc32)c1. The first-order chi connectivity index (χ1) is 30.1. The Hall–Kier alpha value is -7.62. The molecule has 300 valence electrons. The van der Waals surface area contributed by atoms with Crippen LogP contribution in [-0.4, -0.2) is 16.2 Å². The lowest BCUT2D eigenvalue weighted by molar-refractivity contribution is 0.483. The van der Waals surface area contributed by atoms with Gasteiger partial charge >= 0.3 is 0 Å². The van der Waals surface area contributed by atoms with Crippen molar-refractivity contribution in [3.63, 3.8) is 0 Å². The molecule has 0 N–H and O–H groups in total. The van der Waals surface area contributed by atoms with Crippen molar-refractivity contribution in [2.75, 3.05) is 16.5 Å². The largest absolute Gasteiger partial charge is 0.457 e. The number of benzene rings is 7. The number of hydrogen-bond donors (Lipinski definition) is 0. The molecule has 0 spiro atoms. The van der Waals surface area contributed by atoms with Gasteiger partial charge in [-0.3, -0.25) is 4.57 Å². The molecule has 6 heteroatoms. The van der Waals surface area contributed by atoms with Crippen molar-refractivity contribution in [2.24, 2.45) is 0 Å². The van der Waals surface area contributed by atoms with Gasteiger partial charge in [0.05, 0.1) is 39.7 Å². The number of para-hydroxylation sites is 2. The van der Waals surface area contributed by atoms with Crippen molar-refractivity contribution in [3.05, 3.63) is 192 Å². The van der Waals surface area contributed by atoms with E-state index in [0.717, 1.165) is 50.4 Å². The standard InChI is InChI=1S/C56H45N5O/c1-55(2,3)38-28-29-58-52(31-38)61-48-27-22-36(34-57)30-45(48)43-24-23-41(33-51(43)61)62-40-17-13-16-39(32-40)59-35-60(50-21-12-11-20-49(50)59)54-42(37-14-7-6-8-15-37)25-26-47-53(54)44-18-9-10-19-46(44)56(47,4)5/h6-33H,35H2,1-5H3. The van der Waals surface area contributed by atoms with Crippen LogP contribution in [0, 0.1) is 11.3 Å². The molecule has 2 aliphatic rings. The molecule has 62 heavy (non-hydrogen) atoms. The lowest BCUT2D eigenvalue weighted by Crippen LogP contribution is -2.25. The van der Waals surface area contributed by atoms with Gasteiger partial charge in [-0.15, -0.1) is 0 Å². The molecule has 9 aromatic rings. The summed E-state index contributed by atoms with van der Waals surface area (Å²) >= 11 is 0. The van der Waals surface area contributed by atoms with Crippen LogP contribution < -0.4 is 14.5 Å². The first kappa shape index (κ1) is 37.4. The van der Waals surface area contributed by atoms with E-state index < -0.39 is 0 Å². The fourth-order valence-corrected chi connectivity index (χ4v) is 9.77. The van der Waals surface area contributed by atoms with Gasteiger partial charge in [-0.1, -0.05) is 120 Å². The summed E-state index contributed by atoms with van der Waals surface area (Å²) in [6, 6.07) is 60.2. The van der Waals surface area contributed by atoms with Crippen molar-refractivity contribution in [3.8, 4) is 45.6 Å². The Balaban J connectivity index is 0.999. The van der Waals surface area contributed by atoms with E-state index in [9.17, 15) is 5.26 Å². The molecular formula is C56H45N5O. The van der Waals surface area contributed by atoms with Crippen LogP contribution in [0.1, 0.15) is 56.9 Å². The highest BCUT2D eigenvalue weighted by Gasteiger charge is 2.40. The van der Waals surface area contributed by atoms with Crippen LogP contribution in [0.2, 0.25) is 0 Å². The molecule has 0 atom stereocenters. The van der Waals surface area contributed by atoms with Crippen LogP contribution in [0.4, 0.5) is 22.7 Å². The molecule has 2 aromatic heterocycles. The number of fused-ring (bicyclic) bond motifs is 7. The number of rotatable bonds is 6. The Morgan fingerprint density at radius 3 is 2.19 bits per heavy atom. The fourth-order valence-electron chi connectivity index (χ4n) is 9.77. The maximum absolute atomic E-state index is 9.81. The normalized spacial score (nSPS) is 13.9. The van der Waals surface area contributed by atoms with Gasteiger partial charge in [-0.2, -0.15) is 5.26 Å². The summed E-state index contributed by atoms with van der Waals surface area (Å²) in [5.41, 5.74) is 15.8. The van der Waals surface area contributed by atoms with Crippen LogP contribution in [-0.2, 0) is 10.8 Å². The van der Waals surface area contributed by atoms with Gasteiger partial charge in [-0.05, 0) is 100.0 Å². The molecule has 0 amide bonds. The van der Waals surface area contributed by atoms with Gasteiger partial charge in [0, 0.05) is 51.3 Å². The number of anilines is 4. The zero-order chi connectivity index (χ0) is 42.3. The van der Waals surface area contributed by atoms with Crippen LogP contribution in [0.15, 0.2) is 170 Å². The van der Waals surface area contributed by atoms with Gasteiger partial charge in [0.2, 0.25) is 0 Å². The van der Waals surface area contributed by atoms with Gasteiger partial charge in [0.15, 0.2) is 0 Å². The fraction of sp³-hybridized carbons (Fsp3) is 0.143. The van der Waals surface area contributed by atoms with Gasteiger partial charge in [0.1, 0.15) is 24.0 Å². The van der Waals surface area contributed by atoms with Crippen LogP contribution in [0.3, 0.4) is 0 Å². The molecule has 0 saturated carbocycles. The minimum atomic E-state index is -0.135.